The van der Waals surface area contributed by atoms with Crippen molar-refractivity contribution >= 4 is 11.6 Å². The highest BCUT2D eigenvalue weighted by Gasteiger charge is 2.41. The summed E-state index contributed by atoms with van der Waals surface area (Å²) in [6.45, 7) is 3.15. The van der Waals surface area contributed by atoms with Crippen LogP contribution in [0.5, 0.6) is 5.75 Å². The summed E-state index contributed by atoms with van der Waals surface area (Å²) in [5.41, 5.74) is 0.723. The third kappa shape index (κ3) is 3.99. The molecule has 3 rings (SSSR count). The lowest BCUT2D eigenvalue weighted by Gasteiger charge is -2.20. The number of carbonyl (C=O) groups excluding carboxylic acids is 1. The van der Waals surface area contributed by atoms with Gasteiger partial charge in [0.15, 0.2) is 0 Å². The average molecular weight is 342 g/mol. The number of nitrogens with one attached hydrogen (secondary N) is 1. The first-order chi connectivity index (χ1) is 12.1. The minimum Gasteiger partial charge on any atom is -0.497 e. The summed E-state index contributed by atoms with van der Waals surface area (Å²) >= 11 is 0. The number of amides is 1. The van der Waals surface area contributed by atoms with Gasteiger partial charge in [-0.05, 0) is 43.2 Å². The van der Waals surface area contributed by atoms with E-state index in [9.17, 15) is 4.79 Å². The number of aromatic nitrogens is 2. The van der Waals surface area contributed by atoms with Crippen LogP contribution in [0.1, 0.15) is 25.3 Å². The zero-order chi connectivity index (χ0) is 17.7. The van der Waals surface area contributed by atoms with Crippen LogP contribution in [-0.4, -0.2) is 40.4 Å². The largest absolute Gasteiger partial charge is 0.497 e. The van der Waals surface area contributed by atoms with Gasteiger partial charge in [0.05, 0.1) is 19.1 Å². The number of methoxy groups -OCH3 is 1. The maximum Gasteiger partial charge on any atom is 0.267 e. The van der Waals surface area contributed by atoms with E-state index in [0.717, 1.165) is 30.0 Å². The Morgan fingerprint density at radius 3 is 2.88 bits per heavy atom. The van der Waals surface area contributed by atoms with Crippen molar-refractivity contribution in [2.24, 2.45) is 5.16 Å². The SMILES string of the molecule is COc1ccc(C2=NO[C@@](C)(C(=O)NCCCn3ccnc3)C2)cc1. The van der Waals surface area contributed by atoms with E-state index >= 15 is 0 Å². The molecule has 7 nitrogen and oxygen atoms in total. The number of rotatable bonds is 7. The third-order valence-electron chi connectivity index (χ3n) is 4.20. The van der Waals surface area contributed by atoms with Crippen LogP contribution < -0.4 is 10.1 Å². The molecule has 1 N–H and O–H groups in total. The van der Waals surface area contributed by atoms with E-state index in [2.05, 4.69) is 15.5 Å². The lowest BCUT2D eigenvalue weighted by molar-refractivity contribution is -0.141. The molecule has 1 amide bonds. The van der Waals surface area contributed by atoms with Gasteiger partial charge in [-0.2, -0.15) is 0 Å². The molecular weight excluding hydrogens is 320 g/mol. The second kappa shape index (κ2) is 7.38. The molecule has 0 spiro atoms. The molecule has 1 aliphatic rings. The first-order valence-corrected chi connectivity index (χ1v) is 8.24. The topological polar surface area (TPSA) is 77.7 Å². The number of nitrogens with zero attached hydrogens (tertiary/aromatic N) is 3. The van der Waals surface area contributed by atoms with Crippen LogP contribution in [0.4, 0.5) is 0 Å². The minimum atomic E-state index is -0.968. The van der Waals surface area contributed by atoms with Crippen LogP contribution in [0, 0.1) is 0 Å². The molecule has 2 heterocycles. The fourth-order valence-corrected chi connectivity index (χ4v) is 2.67. The summed E-state index contributed by atoms with van der Waals surface area (Å²) in [6.07, 6.45) is 6.66. The van der Waals surface area contributed by atoms with E-state index in [1.165, 1.54) is 0 Å². The predicted octanol–water partition coefficient (Wildman–Crippen LogP) is 1.98. The van der Waals surface area contributed by atoms with E-state index in [-0.39, 0.29) is 5.91 Å². The van der Waals surface area contributed by atoms with E-state index < -0.39 is 5.60 Å². The highest BCUT2D eigenvalue weighted by molar-refractivity contribution is 6.05. The van der Waals surface area contributed by atoms with Gasteiger partial charge < -0.3 is 19.5 Å². The highest BCUT2D eigenvalue weighted by Crippen LogP contribution is 2.27. The smallest absolute Gasteiger partial charge is 0.267 e. The highest BCUT2D eigenvalue weighted by atomic mass is 16.7. The van der Waals surface area contributed by atoms with Crippen LogP contribution in [0.15, 0.2) is 48.1 Å². The van der Waals surface area contributed by atoms with Gasteiger partial charge in [-0.15, -0.1) is 0 Å². The molecule has 2 aromatic rings. The number of benzene rings is 1. The maximum atomic E-state index is 12.5. The van der Waals surface area contributed by atoms with E-state index in [1.54, 1.807) is 26.6 Å². The van der Waals surface area contributed by atoms with Gasteiger partial charge in [0.2, 0.25) is 5.60 Å². The number of carbonyl (C=O) groups is 1. The van der Waals surface area contributed by atoms with Crippen LogP contribution in [0.25, 0.3) is 0 Å². The molecule has 0 radical (unpaired) electrons. The Hall–Kier alpha value is -2.83. The first kappa shape index (κ1) is 17.0. The van der Waals surface area contributed by atoms with Crippen molar-refractivity contribution in [3.05, 3.63) is 48.5 Å². The van der Waals surface area contributed by atoms with E-state index in [0.29, 0.717) is 13.0 Å². The molecule has 1 aromatic carbocycles. The lowest BCUT2D eigenvalue weighted by atomic mass is 9.95. The monoisotopic (exact) mass is 342 g/mol. The molecular formula is C18H22N4O3. The number of ether oxygens (including phenoxy) is 1. The number of hydrogen-bond acceptors (Lipinski definition) is 5. The summed E-state index contributed by atoms with van der Waals surface area (Å²) in [5.74, 6) is 0.632. The molecule has 0 unspecified atom stereocenters. The van der Waals surface area contributed by atoms with Crippen molar-refractivity contribution < 1.29 is 14.4 Å². The maximum absolute atomic E-state index is 12.5. The van der Waals surface area contributed by atoms with Crippen molar-refractivity contribution in [3.63, 3.8) is 0 Å². The third-order valence-corrected chi connectivity index (χ3v) is 4.20. The Morgan fingerprint density at radius 1 is 1.40 bits per heavy atom. The lowest BCUT2D eigenvalue weighted by Crippen LogP contribution is -2.45. The Kier molecular flexibility index (Phi) is 5.02. The molecule has 1 atom stereocenters. The van der Waals surface area contributed by atoms with Gasteiger partial charge in [-0.3, -0.25) is 4.79 Å². The quantitative estimate of drug-likeness (QED) is 0.781. The molecule has 0 saturated carbocycles. The Balaban J connectivity index is 1.49. The fraction of sp³-hybridized carbons (Fsp3) is 0.389. The van der Waals surface area contributed by atoms with Crippen LogP contribution in [0.3, 0.4) is 0 Å². The van der Waals surface area contributed by atoms with Gasteiger partial charge in [0, 0.05) is 31.9 Å². The molecule has 7 heteroatoms. The Labute approximate surface area is 146 Å². The van der Waals surface area contributed by atoms with Gasteiger partial charge in [0.25, 0.3) is 5.91 Å². The second-order valence-corrected chi connectivity index (χ2v) is 6.18. The molecule has 0 aliphatic carbocycles. The molecule has 0 fully saturated rings. The normalized spacial score (nSPS) is 19.2. The molecule has 0 saturated heterocycles. The van der Waals surface area contributed by atoms with Crippen LogP contribution >= 0.6 is 0 Å². The molecule has 25 heavy (non-hydrogen) atoms. The standard InChI is InChI=1S/C18H22N4O3/c1-18(17(23)20-8-3-10-22-11-9-19-13-22)12-16(21-25-18)14-4-6-15(24-2)7-5-14/h4-7,9,11,13H,3,8,10,12H2,1-2H3,(H,20,23)/t18-/m1/s1. The second-order valence-electron chi connectivity index (χ2n) is 6.18. The van der Waals surface area contributed by atoms with Crippen molar-refractivity contribution in [2.45, 2.75) is 31.9 Å². The Bertz CT molecular complexity index is 740. The average Bonchev–Trinajstić information content (AvgIpc) is 3.29. The van der Waals surface area contributed by atoms with Crippen molar-refractivity contribution in [1.29, 1.82) is 0 Å². The van der Waals surface area contributed by atoms with Crippen molar-refractivity contribution in [2.75, 3.05) is 13.7 Å². The minimum absolute atomic E-state index is 0.148. The summed E-state index contributed by atoms with van der Waals surface area (Å²) in [5, 5.41) is 7.03. The van der Waals surface area contributed by atoms with Gasteiger partial charge in [-0.1, -0.05) is 5.16 Å². The van der Waals surface area contributed by atoms with E-state index in [4.69, 9.17) is 9.57 Å². The summed E-state index contributed by atoms with van der Waals surface area (Å²) in [7, 11) is 1.62. The summed E-state index contributed by atoms with van der Waals surface area (Å²) in [4.78, 5) is 21.9. The van der Waals surface area contributed by atoms with Crippen LogP contribution in [-0.2, 0) is 16.2 Å². The fourth-order valence-electron chi connectivity index (χ4n) is 2.67. The van der Waals surface area contributed by atoms with Crippen LogP contribution in [0.2, 0.25) is 0 Å². The summed E-state index contributed by atoms with van der Waals surface area (Å²) < 4.78 is 7.13. The number of hydrogen-bond donors (Lipinski definition) is 1. The van der Waals surface area contributed by atoms with Gasteiger partial charge >= 0.3 is 0 Å². The van der Waals surface area contributed by atoms with Crippen molar-refractivity contribution in [1.82, 2.24) is 14.9 Å². The number of aryl methyl sites for hydroxylation is 1. The first-order valence-electron chi connectivity index (χ1n) is 8.24. The predicted molar refractivity (Wildman–Crippen MR) is 93.5 cm³/mol. The molecule has 132 valence electrons. The summed E-state index contributed by atoms with van der Waals surface area (Å²) in [6, 6.07) is 7.55. The zero-order valence-electron chi connectivity index (χ0n) is 14.4. The van der Waals surface area contributed by atoms with E-state index in [1.807, 2.05) is 35.0 Å². The number of oxime groups is 1. The molecule has 1 aliphatic heterocycles. The molecule has 0 bridgehead atoms. The number of imidazole rings is 1. The molecule has 1 aromatic heterocycles. The van der Waals surface area contributed by atoms with Crippen molar-refractivity contribution in [3.8, 4) is 5.75 Å². The van der Waals surface area contributed by atoms with Gasteiger partial charge in [-0.25, -0.2) is 4.98 Å². The zero-order valence-corrected chi connectivity index (χ0v) is 14.4. The van der Waals surface area contributed by atoms with Gasteiger partial charge in [0.1, 0.15) is 5.75 Å². The Morgan fingerprint density at radius 2 is 2.20 bits per heavy atom.